The number of amidine groups is 1. The van der Waals surface area contributed by atoms with Gasteiger partial charge in [-0.15, -0.1) is 0 Å². The first-order chi connectivity index (χ1) is 11.4. The molecule has 0 radical (unpaired) electrons. The fraction of sp³-hybridized carbons (Fsp3) is 0.316. The first-order valence-electron chi connectivity index (χ1n) is 8.07. The van der Waals surface area contributed by atoms with Crippen LogP contribution in [0, 0.1) is 0 Å². The predicted molar refractivity (Wildman–Crippen MR) is 92.5 cm³/mol. The van der Waals surface area contributed by atoms with E-state index < -0.39 is 0 Å². The molecular weight excluding hydrogens is 288 g/mol. The van der Waals surface area contributed by atoms with Crippen molar-refractivity contribution in [2.24, 2.45) is 4.99 Å². The minimum Gasteiger partial charge on any atom is -0.490 e. The molecule has 1 atom stereocenters. The summed E-state index contributed by atoms with van der Waals surface area (Å²) in [5.74, 6) is 2.44. The van der Waals surface area contributed by atoms with Crippen LogP contribution < -0.4 is 14.8 Å². The Kier molecular flexibility index (Phi) is 5.14. The van der Waals surface area contributed by atoms with E-state index in [1.807, 2.05) is 49.4 Å². The average Bonchev–Trinajstić information content (AvgIpc) is 3.12. The Morgan fingerprint density at radius 1 is 1.04 bits per heavy atom. The highest BCUT2D eigenvalue weighted by atomic mass is 16.5. The Morgan fingerprint density at radius 2 is 1.78 bits per heavy atom. The zero-order valence-electron chi connectivity index (χ0n) is 13.4. The zero-order valence-corrected chi connectivity index (χ0v) is 13.4. The van der Waals surface area contributed by atoms with Crippen LogP contribution >= 0.6 is 0 Å². The summed E-state index contributed by atoms with van der Waals surface area (Å²) in [7, 11) is 0. The van der Waals surface area contributed by atoms with Crippen LogP contribution in [0.5, 0.6) is 11.5 Å². The quantitative estimate of drug-likeness (QED) is 0.854. The smallest absolute Gasteiger partial charge is 0.162 e. The fourth-order valence-electron chi connectivity index (χ4n) is 2.63. The predicted octanol–water partition coefficient (Wildman–Crippen LogP) is 3.08. The van der Waals surface area contributed by atoms with Gasteiger partial charge in [-0.25, -0.2) is 0 Å². The maximum atomic E-state index is 6.27. The second kappa shape index (κ2) is 7.68. The SMILES string of the molecule is CCOc1ccccc1OC(Cc1ccccc1)C1=NCCN1. The molecule has 4 nitrogen and oxygen atoms in total. The van der Waals surface area contributed by atoms with E-state index in [9.17, 15) is 0 Å². The third kappa shape index (κ3) is 4.03. The third-order valence-corrected chi connectivity index (χ3v) is 3.69. The van der Waals surface area contributed by atoms with Crippen LogP contribution in [0.25, 0.3) is 0 Å². The van der Waals surface area contributed by atoms with Gasteiger partial charge in [0.2, 0.25) is 0 Å². The number of ether oxygens (including phenoxy) is 2. The van der Waals surface area contributed by atoms with Crippen LogP contribution in [0.15, 0.2) is 59.6 Å². The Balaban J connectivity index is 1.81. The van der Waals surface area contributed by atoms with E-state index >= 15 is 0 Å². The van der Waals surface area contributed by atoms with Gasteiger partial charge in [0.1, 0.15) is 5.84 Å². The van der Waals surface area contributed by atoms with E-state index in [2.05, 4.69) is 22.4 Å². The summed E-state index contributed by atoms with van der Waals surface area (Å²) in [4.78, 5) is 4.54. The summed E-state index contributed by atoms with van der Waals surface area (Å²) in [6, 6.07) is 18.1. The van der Waals surface area contributed by atoms with Crippen LogP contribution in [-0.4, -0.2) is 31.6 Å². The van der Waals surface area contributed by atoms with Crippen molar-refractivity contribution in [2.75, 3.05) is 19.7 Å². The monoisotopic (exact) mass is 310 g/mol. The molecule has 0 saturated heterocycles. The van der Waals surface area contributed by atoms with E-state index in [4.69, 9.17) is 9.47 Å². The lowest BCUT2D eigenvalue weighted by Gasteiger charge is -2.21. The fourth-order valence-corrected chi connectivity index (χ4v) is 2.63. The lowest BCUT2D eigenvalue weighted by molar-refractivity contribution is 0.241. The summed E-state index contributed by atoms with van der Waals surface area (Å²) >= 11 is 0. The molecule has 0 aromatic heterocycles. The molecule has 0 saturated carbocycles. The summed E-state index contributed by atoms with van der Waals surface area (Å²) < 4.78 is 11.9. The Morgan fingerprint density at radius 3 is 2.48 bits per heavy atom. The van der Waals surface area contributed by atoms with Gasteiger partial charge in [-0.2, -0.15) is 0 Å². The molecule has 4 heteroatoms. The molecule has 2 aromatic carbocycles. The van der Waals surface area contributed by atoms with Crippen molar-refractivity contribution < 1.29 is 9.47 Å². The highest BCUT2D eigenvalue weighted by molar-refractivity contribution is 5.88. The normalized spacial score (nSPS) is 14.7. The van der Waals surface area contributed by atoms with Gasteiger partial charge in [-0.3, -0.25) is 4.99 Å². The minimum atomic E-state index is -0.137. The first-order valence-corrected chi connectivity index (χ1v) is 8.07. The van der Waals surface area contributed by atoms with Crippen molar-refractivity contribution in [3.63, 3.8) is 0 Å². The average molecular weight is 310 g/mol. The number of para-hydroxylation sites is 2. The molecule has 0 bridgehead atoms. The van der Waals surface area contributed by atoms with Gasteiger partial charge < -0.3 is 14.8 Å². The molecular formula is C19H22N2O2. The molecule has 3 rings (SSSR count). The van der Waals surface area contributed by atoms with Crippen molar-refractivity contribution in [2.45, 2.75) is 19.4 Å². The molecule has 0 aliphatic carbocycles. The summed E-state index contributed by atoms with van der Waals surface area (Å²) in [5, 5.41) is 3.33. The highest BCUT2D eigenvalue weighted by Crippen LogP contribution is 2.28. The van der Waals surface area contributed by atoms with E-state index in [1.54, 1.807) is 0 Å². The van der Waals surface area contributed by atoms with Gasteiger partial charge in [-0.1, -0.05) is 42.5 Å². The number of hydrogen-bond acceptors (Lipinski definition) is 4. The summed E-state index contributed by atoms with van der Waals surface area (Å²) in [5.41, 5.74) is 1.22. The second-order valence-corrected chi connectivity index (χ2v) is 5.37. The van der Waals surface area contributed by atoms with Gasteiger partial charge >= 0.3 is 0 Å². The van der Waals surface area contributed by atoms with Gasteiger partial charge in [0.25, 0.3) is 0 Å². The maximum Gasteiger partial charge on any atom is 0.162 e. The van der Waals surface area contributed by atoms with E-state index in [0.29, 0.717) is 6.61 Å². The van der Waals surface area contributed by atoms with Crippen molar-refractivity contribution in [3.05, 3.63) is 60.2 Å². The molecule has 0 spiro atoms. The van der Waals surface area contributed by atoms with Crippen molar-refractivity contribution in [3.8, 4) is 11.5 Å². The van der Waals surface area contributed by atoms with E-state index in [-0.39, 0.29) is 6.10 Å². The number of nitrogens with one attached hydrogen (secondary N) is 1. The zero-order chi connectivity index (χ0) is 15.9. The lowest BCUT2D eigenvalue weighted by atomic mass is 10.1. The topological polar surface area (TPSA) is 42.9 Å². The van der Waals surface area contributed by atoms with Gasteiger partial charge in [0, 0.05) is 13.0 Å². The second-order valence-electron chi connectivity index (χ2n) is 5.37. The molecule has 1 unspecified atom stereocenters. The third-order valence-electron chi connectivity index (χ3n) is 3.69. The standard InChI is InChI=1S/C19H22N2O2/c1-2-22-16-10-6-7-11-17(16)23-18(19-20-12-13-21-19)14-15-8-4-3-5-9-15/h3-11,18H,2,12-14H2,1H3,(H,20,21). The van der Waals surface area contributed by atoms with Crippen LogP contribution in [0.2, 0.25) is 0 Å². The Bertz CT molecular complexity index is 655. The molecule has 0 fully saturated rings. The van der Waals surface area contributed by atoms with Crippen LogP contribution in [0.4, 0.5) is 0 Å². The van der Waals surface area contributed by atoms with E-state index in [0.717, 1.165) is 36.8 Å². The Hall–Kier alpha value is -2.49. The highest BCUT2D eigenvalue weighted by Gasteiger charge is 2.22. The number of aliphatic imine (C=N–C) groups is 1. The van der Waals surface area contributed by atoms with Crippen LogP contribution in [0.1, 0.15) is 12.5 Å². The number of nitrogens with zero attached hydrogens (tertiary/aromatic N) is 1. The molecule has 0 amide bonds. The minimum absolute atomic E-state index is 0.137. The van der Waals surface area contributed by atoms with Crippen molar-refractivity contribution >= 4 is 5.84 Å². The first kappa shape index (κ1) is 15.4. The van der Waals surface area contributed by atoms with Crippen LogP contribution in [-0.2, 0) is 6.42 Å². The molecule has 2 aromatic rings. The number of rotatable bonds is 7. The van der Waals surface area contributed by atoms with Gasteiger partial charge in [0.05, 0.1) is 13.2 Å². The Labute approximate surface area is 137 Å². The molecule has 1 N–H and O–H groups in total. The number of hydrogen-bond donors (Lipinski definition) is 1. The van der Waals surface area contributed by atoms with E-state index in [1.165, 1.54) is 5.56 Å². The molecule has 1 heterocycles. The van der Waals surface area contributed by atoms with Crippen molar-refractivity contribution in [1.29, 1.82) is 0 Å². The summed E-state index contributed by atoms with van der Waals surface area (Å²) in [6.07, 6.45) is 0.633. The number of benzene rings is 2. The summed E-state index contributed by atoms with van der Waals surface area (Å²) in [6.45, 7) is 4.26. The lowest BCUT2D eigenvalue weighted by Crippen LogP contribution is -2.37. The van der Waals surface area contributed by atoms with Crippen molar-refractivity contribution in [1.82, 2.24) is 5.32 Å². The van der Waals surface area contributed by atoms with Gasteiger partial charge in [-0.05, 0) is 24.6 Å². The molecule has 1 aliphatic heterocycles. The molecule has 23 heavy (non-hydrogen) atoms. The van der Waals surface area contributed by atoms with Gasteiger partial charge in [0.15, 0.2) is 17.6 Å². The molecule has 1 aliphatic rings. The maximum absolute atomic E-state index is 6.27. The molecule has 120 valence electrons. The van der Waals surface area contributed by atoms with Crippen LogP contribution in [0.3, 0.4) is 0 Å². The largest absolute Gasteiger partial charge is 0.490 e.